The van der Waals surface area contributed by atoms with Crippen LogP contribution in [0, 0.1) is 0 Å². The molecule has 2 fully saturated rings. The van der Waals surface area contributed by atoms with Crippen molar-refractivity contribution in [2.45, 2.75) is 70.1 Å². The molecule has 1 aliphatic carbocycles. The van der Waals surface area contributed by atoms with Gasteiger partial charge < -0.3 is 23.9 Å². The molecule has 2 aliphatic heterocycles. The van der Waals surface area contributed by atoms with Gasteiger partial charge in [-0.1, -0.05) is 0 Å². The van der Waals surface area contributed by atoms with Gasteiger partial charge in [0.1, 0.15) is 17.4 Å². The average Bonchev–Trinajstić information content (AvgIpc) is 3.46. The highest BCUT2D eigenvalue weighted by Gasteiger charge is 2.45. The van der Waals surface area contributed by atoms with E-state index in [9.17, 15) is 18.0 Å². The van der Waals surface area contributed by atoms with Crippen LogP contribution in [-0.4, -0.2) is 59.9 Å². The number of nitrogens with zero attached hydrogens (tertiary/aromatic N) is 2. The number of hydrogen-bond donors (Lipinski definition) is 1. The predicted molar refractivity (Wildman–Crippen MR) is 113 cm³/mol. The number of carbonyl (C=O) groups is 1. The topological polar surface area (TPSA) is 87.8 Å². The Bertz CT molecular complexity index is 1070. The molecule has 1 N–H and O–H groups in total. The average molecular weight is 483 g/mol. The zero-order chi connectivity index (χ0) is 24.1. The molecule has 2 saturated heterocycles. The molecular weight excluding hydrogens is 455 g/mol. The number of halogens is 3. The minimum absolute atomic E-state index is 0.119. The molecule has 1 amide bonds. The third-order valence-corrected chi connectivity index (χ3v) is 6.49. The van der Waals surface area contributed by atoms with E-state index < -0.39 is 23.4 Å². The van der Waals surface area contributed by atoms with Gasteiger partial charge in [-0.05, 0) is 38.7 Å². The minimum Gasteiger partial charge on any atom is -0.455 e. The van der Waals surface area contributed by atoms with Crippen molar-refractivity contribution in [1.29, 1.82) is 0 Å². The predicted octanol–water partition coefficient (Wildman–Crippen LogP) is 3.36. The Labute approximate surface area is 194 Å². The first-order chi connectivity index (χ1) is 16.1. The Morgan fingerprint density at radius 3 is 2.76 bits per heavy atom. The van der Waals surface area contributed by atoms with Crippen molar-refractivity contribution < 1.29 is 36.6 Å². The van der Waals surface area contributed by atoms with Crippen LogP contribution in [-0.2, 0) is 39.8 Å². The molecule has 2 aromatic rings. The highest BCUT2D eigenvalue weighted by molar-refractivity contribution is 5.96. The Morgan fingerprint density at radius 1 is 1.26 bits per heavy atom. The van der Waals surface area contributed by atoms with Gasteiger partial charge in [-0.25, -0.2) is 0 Å². The van der Waals surface area contributed by atoms with E-state index in [0.29, 0.717) is 38.3 Å². The Kier molecular flexibility index (Phi) is 5.97. The summed E-state index contributed by atoms with van der Waals surface area (Å²) in [5.74, 6) is -1.49. The van der Waals surface area contributed by atoms with E-state index in [1.54, 1.807) is 10.9 Å². The van der Waals surface area contributed by atoms with Gasteiger partial charge in [0.2, 0.25) is 5.76 Å². The Balaban J connectivity index is 1.41. The van der Waals surface area contributed by atoms with Crippen LogP contribution in [0.5, 0.6) is 0 Å². The van der Waals surface area contributed by atoms with Crippen molar-refractivity contribution in [1.82, 2.24) is 15.1 Å². The highest BCUT2D eigenvalue weighted by atomic mass is 19.4. The molecule has 186 valence electrons. The largest absolute Gasteiger partial charge is 0.455 e. The van der Waals surface area contributed by atoms with E-state index in [4.69, 9.17) is 18.6 Å². The van der Waals surface area contributed by atoms with Gasteiger partial charge in [-0.15, -0.1) is 0 Å². The number of amides is 1. The fourth-order valence-corrected chi connectivity index (χ4v) is 4.89. The molecule has 8 nitrogen and oxygen atoms in total. The molecular formula is C23H28F3N3O5. The van der Waals surface area contributed by atoms with Crippen LogP contribution >= 0.6 is 0 Å². The first kappa shape index (κ1) is 23.4. The second kappa shape index (κ2) is 8.69. The SMILES string of the molecule is CC1(C)CCC(CNC(=O)c2oc3c(c2C(F)(F)F)-c2nn(C[C@H]4COCCO4)cc2CC3)O1. The normalized spacial score (nSPS) is 24.0. The van der Waals surface area contributed by atoms with Crippen LogP contribution in [0.3, 0.4) is 0 Å². The molecule has 0 aromatic carbocycles. The summed E-state index contributed by atoms with van der Waals surface area (Å²) in [6, 6.07) is 0. The molecule has 2 atom stereocenters. The van der Waals surface area contributed by atoms with Crippen molar-refractivity contribution in [2.75, 3.05) is 26.4 Å². The molecule has 11 heteroatoms. The van der Waals surface area contributed by atoms with E-state index in [1.807, 2.05) is 13.8 Å². The number of aromatic nitrogens is 2. The summed E-state index contributed by atoms with van der Waals surface area (Å²) in [7, 11) is 0. The molecule has 34 heavy (non-hydrogen) atoms. The van der Waals surface area contributed by atoms with E-state index in [2.05, 4.69) is 10.4 Å². The van der Waals surface area contributed by atoms with Gasteiger partial charge in [0.15, 0.2) is 0 Å². The number of rotatable bonds is 5. The van der Waals surface area contributed by atoms with Crippen LogP contribution in [0.25, 0.3) is 11.3 Å². The summed E-state index contributed by atoms with van der Waals surface area (Å²) in [6.07, 6.45) is -1.23. The molecule has 1 unspecified atom stereocenters. The maximum Gasteiger partial charge on any atom is 0.420 e. The van der Waals surface area contributed by atoms with Crippen LogP contribution in [0.4, 0.5) is 13.2 Å². The Hall–Kier alpha value is -2.37. The standard InChI is InChI=1S/C23H28F3N3O5/c1-22(2)6-5-14(34-22)9-27-21(30)20-18(23(24,25)26)17-16(33-20)4-3-13-10-29(28-19(13)17)11-15-12-31-7-8-32-15/h10,14-15H,3-9,11-12H2,1-2H3,(H,27,30)/t14?,15-/m0/s1. The van der Waals surface area contributed by atoms with E-state index in [0.717, 1.165) is 12.8 Å². The number of furan rings is 1. The third kappa shape index (κ3) is 4.60. The number of hydrogen-bond acceptors (Lipinski definition) is 6. The van der Waals surface area contributed by atoms with Gasteiger partial charge in [0.25, 0.3) is 5.91 Å². The van der Waals surface area contributed by atoms with Gasteiger partial charge in [0.05, 0.1) is 49.3 Å². The van der Waals surface area contributed by atoms with Crippen molar-refractivity contribution in [3.63, 3.8) is 0 Å². The number of carbonyl (C=O) groups excluding carboxylic acids is 1. The number of nitrogens with one attached hydrogen (secondary N) is 1. The van der Waals surface area contributed by atoms with Crippen molar-refractivity contribution >= 4 is 5.91 Å². The Morgan fingerprint density at radius 2 is 2.09 bits per heavy atom. The number of alkyl halides is 3. The fraction of sp³-hybridized carbons (Fsp3) is 0.652. The molecule has 3 aliphatic rings. The lowest BCUT2D eigenvalue weighted by Gasteiger charge is -2.22. The van der Waals surface area contributed by atoms with Crippen molar-refractivity contribution in [3.05, 3.63) is 28.8 Å². The lowest BCUT2D eigenvalue weighted by atomic mass is 9.93. The van der Waals surface area contributed by atoms with Crippen molar-refractivity contribution in [3.8, 4) is 11.3 Å². The minimum atomic E-state index is -4.78. The van der Waals surface area contributed by atoms with Gasteiger partial charge >= 0.3 is 6.18 Å². The van der Waals surface area contributed by atoms with Crippen LogP contribution in [0.15, 0.2) is 10.6 Å². The summed E-state index contributed by atoms with van der Waals surface area (Å²) < 4.78 is 66.6. The zero-order valence-corrected chi connectivity index (χ0v) is 19.2. The second-order valence-corrected chi connectivity index (χ2v) is 9.64. The number of aryl methyl sites for hydroxylation is 2. The quantitative estimate of drug-likeness (QED) is 0.702. The summed E-state index contributed by atoms with van der Waals surface area (Å²) in [4.78, 5) is 12.8. The van der Waals surface area contributed by atoms with E-state index in [-0.39, 0.29) is 47.8 Å². The monoisotopic (exact) mass is 483 g/mol. The number of ether oxygens (including phenoxy) is 3. The summed E-state index contributed by atoms with van der Waals surface area (Å²) in [5, 5.41) is 7.00. The maximum absolute atomic E-state index is 14.2. The van der Waals surface area contributed by atoms with Gasteiger partial charge in [0, 0.05) is 19.2 Å². The van der Waals surface area contributed by atoms with Gasteiger partial charge in [-0.2, -0.15) is 18.3 Å². The smallest absolute Gasteiger partial charge is 0.420 e. The lowest BCUT2D eigenvalue weighted by Crippen LogP contribution is -2.34. The summed E-state index contributed by atoms with van der Waals surface area (Å²) >= 11 is 0. The van der Waals surface area contributed by atoms with E-state index in [1.165, 1.54) is 0 Å². The van der Waals surface area contributed by atoms with Gasteiger partial charge in [-0.3, -0.25) is 9.48 Å². The molecule has 5 rings (SSSR count). The second-order valence-electron chi connectivity index (χ2n) is 9.64. The van der Waals surface area contributed by atoms with Crippen LogP contribution < -0.4 is 5.32 Å². The molecule has 0 bridgehead atoms. The van der Waals surface area contributed by atoms with Crippen molar-refractivity contribution in [2.24, 2.45) is 0 Å². The first-order valence-corrected chi connectivity index (χ1v) is 11.6. The third-order valence-electron chi connectivity index (χ3n) is 6.49. The molecule has 0 spiro atoms. The fourth-order valence-electron chi connectivity index (χ4n) is 4.89. The highest BCUT2D eigenvalue weighted by Crippen LogP contribution is 2.46. The number of fused-ring (bicyclic) bond motifs is 3. The van der Waals surface area contributed by atoms with Crippen LogP contribution in [0.1, 0.15) is 54.1 Å². The molecule has 0 saturated carbocycles. The van der Waals surface area contributed by atoms with Crippen LogP contribution in [0.2, 0.25) is 0 Å². The summed E-state index contributed by atoms with van der Waals surface area (Å²) in [5.41, 5.74) is -0.633. The molecule has 0 radical (unpaired) electrons. The summed E-state index contributed by atoms with van der Waals surface area (Å²) in [6.45, 7) is 5.78. The molecule has 4 heterocycles. The first-order valence-electron chi connectivity index (χ1n) is 11.6. The molecule has 2 aromatic heterocycles. The zero-order valence-electron chi connectivity index (χ0n) is 19.2. The maximum atomic E-state index is 14.2. The van der Waals surface area contributed by atoms with E-state index >= 15 is 0 Å². The lowest BCUT2D eigenvalue weighted by molar-refractivity contribution is -0.137.